The Hall–Kier alpha value is -2.56. The van der Waals surface area contributed by atoms with Gasteiger partial charge in [0.15, 0.2) is 5.76 Å². The minimum Gasteiger partial charge on any atom is -0.459 e. The van der Waals surface area contributed by atoms with Crippen LogP contribution in [0.2, 0.25) is 0 Å². The van der Waals surface area contributed by atoms with Crippen molar-refractivity contribution in [3.05, 3.63) is 48.4 Å². The zero-order chi connectivity index (χ0) is 16.9. The maximum atomic E-state index is 12.9. The summed E-state index contributed by atoms with van der Waals surface area (Å²) < 4.78 is 5.49. The predicted molar refractivity (Wildman–Crippen MR) is 91.5 cm³/mol. The van der Waals surface area contributed by atoms with E-state index in [1.54, 1.807) is 11.2 Å². The van der Waals surface area contributed by atoms with Crippen LogP contribution < -0.4 is 5.32 Å². The molecule has 2 aromatic rings. The lowest BCUT2D eigenvalue weighted by molar-refractivity contribution is -0.126. The van der Waals surface area contributed by atoms with E-state index in [2.05, 4.69) is 5.32 Å². The minimum absolute atomic E-state index is 0.0257. The molecule has 3 rings (SSSR count). The van der Waals surface area contributed by atoms with Crippen molar-refractivity contribution in [2.45, 2.75) is 19.8 Å². The fourth-order valence-corrected chi connectivity index (χ4v) is 3.16. The van der Waals surface area contributed by atoms with E-state index in [-0.39, 0.29) is 17.7 Å². The molecule has 1 N–H and O–H groups in total. The third-order valence-corrected chi connectivity index (χ3v) is 4.37. The average Bonchev–Trinajstić information content (AvgIpc) is 3.12. The van der Waals surface area contributed by atoms with Crippen molar-refractivity contribution in [1.82, 2.24) is 10.2 Å². The lowest BCUT2D eigenvalue weighted by Gasteiger charge is -2.31. The first kappa shape index (κ1) is 16.3. The molecule has 0 aliphatic carbocycles. The molecular weight excluding hydrogens is 304 g/mol. The maximum absolute atomic E-state index is 12.9. The van der Waals surface area contributed by atoms with Gasteiger partial charge >= 0.3 is 0 Å². The van der Waals surface area contributed by atoms with E-state index in [9.17, 15) is 9.59 Å². The monoisotopic (exact) mass is 326 g/mol. The number of furan rings is 1. The van der Waals surface area contributed by atoms with Crippen molar-refractivity contribution in [2.24, 2.45) is 5.92 Å². The molecule has 0 saturated carbocycles. The van der Waals surface area contributed by atoms with Crippen molar-refractivity contribution in [3.8, 4) is 11.1 Å². The Labute approximate surface area is 141 Å². The molecular formula is C19H22N2O3. The molecule has 126 valence electrons. The molecule has 0 unspecified atom stereocenters. The van der Waals surface area contributed by atoms with Crippen LogP contribution >= 0.6 is 0 Å². The molecule has 0 radical (unpaired) electrons. The van der Waals surface area contributed by atoms with E-state index in [0.717, 1.165) is 24.0 Å². The molecule has 1 atom stereocenters. The second kappa shape index (κ2) is 7.34. The predicted octanol–water partition coefficient (Wildman–Crippen LogP) is 2.93. The van der Waals surface area contributed by atoms with Crippen molar-refractivity contribution < 1.29 is 14.0 Å². The molecule has 5 heteroatoms. The molecule has 0 bridgehead atoms. The number of amides is 2. The number of rotatable bonds is 4. The summed E-state index contributed by atoms with van der Waals surface area (Å²) in [7, 11) is 0. The van der Waals surface area contributed by atoms with Crippen LogP contribution in [0, 0.1) is 5.92 Å². The van der Waals surface area contributed by atoms with Gasteiger partial charge in [-0.2, -0.15) is 0 Å². The molecule has 2 amide bonds. The second-order valence-corrected chi connectivity index (χ2v) is 6.01. The fourth-order valence-electron chi connectivity index (χ4n) is 3.16. The van der Waals surface area contributed by atoms with Crippen LogP contribution in [0.3, 0.4) is 0 Å². The first-order valence-electron chi connectivity index (χ1n) is 8.40. The van der Waals surface area contributed by atoms with E-state index in [1.165, 1.54) is 0 Å². The van der Waals surface area contributed by atoms with Crippen molar-refractivity contribution in [2.75, 3.05) is 19.6 Å². The summed E-state index contributed by atoms with van der Waals surface area (Å²) in [6, 6.07) is 11.5. The van der Waals surface area contributed by atoms with Crippen molar-refractivity contribution in [3.63, 3.8) is 0 Å². The highest BCUT2D eigenvalue weighted by molar-refractivity contribution is 5.98. The Morgan fingerprint density at radius 1 is 1.25 bits per heavy atom. The number of hydrogen-bond donors (Lipinski definition) is 1. The molecule has 2 heterocycles. The normalized spacial score (nSPS) is 17.5. The number of carbonyl (C=O) groups excluding carboxylic acids is 2. The molecule has 1 saturated heterocycles. The Balaban J connectivity index is 1.78. The summed E-state index contributed by atoms with van der Waals surface area (Å²) >= 11 is 0. The molecule has 5 nitrogen and oxygen atoms in total. The SMILES string of the molecule is CCNC(=O)[C@H]1CCCN(C(=O)c2occc2-c2ccccc2)C1. The van der Waals surface area contributed by atoms with Crippen LogP contribution in [0.15, 0.2) is 47.1 Å². The highest BCUT2D eigenvalue weighted by Crippen LogP contribution is 2.27. The first-order valence-corrected chi connectivity index (χ1v) is 8.40. The Kier molecular flexibility index (Phi) is 4.99. The fraction of sp³-hybridized carbons (Fsp3) is 0.368. The number of likely N-dealkylation sites (tertiary alicyclic amines) is 1. The number of nitrogens with zero attached hydrogens (tertiary/aromatic N) is 1. The number of hydrogen-bond acceptors (Lipinski definition) is 3. The molecule has 1 aromatic heterocycles. The zero-order valence-electron chi connectivity index (χ0n) is 13.8. The summed E-state index contributed by atoms with van der Waals surface area (Å²) in [5.41, 5.74) is 1.74. The smallest absolute Gasteiger partial charge is 0.290 e. The summed E-state index contributed by atoms with van der Waals surface area (Å²) in [4.78, 5) is 26.7. The van der Waals surface area contributed by atoms with Crippen LogP contribution in [0.25, 0.3) is 11.1 Å². The Morgan fingerprint density at radius 3 is 2.79 bits per heavy atom. The van der Waals surface area contributed by atoms with Gasteiger partial charge in [-0.15, -0.1) is 0 Å². The van der Waals surface area contributed by atoms with Gasteiger partial charge in [-0.25, -0.2) is 0 Å². The number of piperidine rings is 1. The summed E-state index contributed by atoms with van der Waals surface area (Å²) in [5, 5.41) is 2.85. The largest absolute Gasteiger partial charge is 0.459 e. The van der Waals surface area contributed by atoms with E-state index < -0.39 is 0 Å². The van der Waals surface area contributed by atoms with Gasteiger partial charge in [0, 0.05) is 25.2 Å². The Bertz CT molecular complexity index is 708. The minimum atomic E-state index is -0.146. The third-order valence-electron chi connectivity index (χ3n) is 4.37. The Morgan fingerprint density at radius 2 is 2.04 bits per heavy atom. The van der Waals surface area contributed by atoms with Crippen LogP contribution in [0.5, 0.6) is 0 Å². The standard InChI is InChI=1S/C19H22N2O3/c1-2-20-18(22)15-9-6-11-21(13-15)19(23)17-16(10-12-24-17)14-7-4-3-5-8-14/h3-5,7-8,10,12,15H,2,6,9,11,13H2,1H3,(H,20,22)/t15-/m0/s1. The summed E-state index contributed by atoms with van der Waals surface area (Å²) in [6.45, 7) is 3.61. The topological polar surface area (TPSA) is 62.6 Å². The maximum Gasteiger partial charge on any atom is 0.290 e. The highest BCUT2D eigenvalue weighted by atomic mass is 16.3. The molecule has 1 aliphatic rings. The van der Waals surface area contributed by atoms with Gasteiger partial charge < -0.3 is 14.6 Å². The van der Waals surface area contributed by atoms with Crippen LogP contribution in [-0.4, -0.2) is 36.3 Å². The number of benzene rings is 1. The number of carbonyl (C=O) groups is 2. The molecule has 1 aromatic carbocycles. The average molecular weight is 326 g/mol. The van der Waals surface area contributed by atoms with E-state index in [0.29, 0.717) is 25.4 Å². The quantitative estimate of drug-likeness (QED) is 0.939. The summed E-state index contributed by atoms with van der Waals surface area (Å²) in [5.74, 6) is 0.0844. The van der Waals surface area contributed by atoms with Gasteiger partial charge in [0.25, 0.3) is 5.91 Å². The van der Waals surface area contributed by atoms with Gasteiger partial charge in [0.1, 0.15) is 0 Å². The van der Waals surface area contributed by atoms with E-state index >= 15 is 0 Å². The van der Waals surface area contributed by atoms with Crippen LogP contribution in [-0.2, 0) is 4.79 Å². The zero-order valence-corrected chi connectivity index (χ0v) is 13.8. The summed E-state index contributed by atoms with van der Waals surface area (Å²) in [6.07, 6.45) is 3.19. The number of nitrogens with one attached hydrogen (secondary N) is 1. The van der Waals surface area contributed by atoms with Crippen molar-refractivity contribution in [1.29, 1.82) is 0 Å². The first-order chi connectivity index (χ1) is 11.7. The van der Waals surface area contributed by atoms with E-state index in [1.807, 2.05) is 43.3 Å². The molecule has 0 spiro atoms. The van der Waals surface area contributed by atoms with Gasteiger partial charge in [-0.1, -0.05) is 30.3 Å². The highest BCUT2D eigenvalue weighted by Gasteiger charge is 2.31. The van der Waals surface area contributed by atoms with Crippen molar-refractivity contribution >= 4 is 11.8 Å². The second-order valence-electron chi connectivity index (χ2n) is 6.01. The lowest BCUT2D eigenvalue weighted by atomic mass is 9.96. The van der Waals surface area contributed by atoms with Gasteiger partial charge in [-0.05, 0) is 31.4 Å². The van der Waals surface area contributed by atoms with Gasteiger partial charge in [0.2, 0.25) is 5.91 Å². The van der Waals surface area contributed by atoms with Crippen LogP contribution in [0.1, 0.15) is 30.3 Å². The third kappa shape index (κ3) is 3.35. The molecule has 1 fully saturated rings. The van der Waals surface area contributed by atoms with Gasteiger partial charge in [0.05, 0.1) is 12.2 Å². The van der Waals surface area contributed by atoms with Gasteiger partial charge in [-0.3, -0.25) is 9.59 Å². The molecule has 1 aliphatic heterocycles. The van der Waals surface area contributed by atoms with Crippen LogP contribution in [0.4, 0.5) is 0 Å². The van der Waals surface area contributed by atoms with E-state index in [4.69, 9.17) is 4.42 Å². The molecule has 24 heavy (non-hydrogen) atoms. The lowest BCUT2D eigenvalue weighted by Crippen LogP contribution is -2.45.